The summed E-state index contributed by atoms with van der Waals surface area (Å²) in [7, 11) is 3.40. The fourth-order valence-corrected chi connectivity index (χ4v) is 4.49. The van der Waals surface area contributed by atoms with Crippen molar-refractivity contribution in [3.8, 4) is 11.5 Å². The Labute approximate surface area is 188 Å². The highest BCUT2D eigenvalue weighted by Gasteiger charge is 2.16. The van der Waals surface area contributed by atoms with E-state index in [0.29, 0.717) is 0 Å². The Morgan fingerprint density at radius 1 is 0.968 bits per heavy atom. The van der Waals surface area contributed by atoms with E-state index in [2.05, 4.69) is 39.4 Å². The first kappa shape index (κ1) is 21.6. The summed E-state index contributed by atoms with van der Waals surface area (Å²) in [5.74, 6) is 1.73. The maximum atomic E-state index is 5.46. The van der Waals surface area contributed by atoms with Crippen molar-refractivity contribution >= 4 is 16.5 Å². The molecule has 0 N–H and O–H groups in total. The van der Waals surface area contributed by atoms with Crippen LogP contribution in [0.1, 0.15) is 16.8 Å². The molecule has 1 aromatic heterocycles. The predicted molar refractivity (Wildman–Crippen MR) is 124 cm³/mol. The molecule has 1 aliphatic rings. The molecule has 0 saturated carbocycles. The largest absolute Gasteiger partial charge is 0.497 e. The molecule has 0 atom stereocenters. The van der Waals surface area contributed by atoms with Gasteiger partial charge in [0.15, 0.2) is 5.13 Å². The van der Waals surface area contributed by atoms with Gasteiger partial charge in [0.1, 0.15) is 11.5 Å². The Morgan fingerprint density at radius 2 is 1.58 bits per heavy atom. The van der Waals surface area contributed by atoms with Crippen LogP contribution in [0.15, 0.2) is 53.9 Å². The van der Waals surface area contributed by atoms with E-state index in [1.807, 2.05) is 24.3 Å². The first-order chi connectivity index (χ1) is 15.2. The van der Waals surface area contributed by atoms with E-state index >= 15 is 0 Å². The van der Waals surface area contributed by atoms with E-state index in [4.69, 9.17) is 19.2 Å². The lowest BCUT2D eigenvalue weighted by Crippen LogP contribution is -2.35. The molecule has 2 aromatic carbocycles. The number of thiazole rings is 1. The minimum absolute atomic E-state index is 0.749. The summed E-state index contributed by atoms with van der Waals surface area (Å²) in [5, 5.41) is 3.20. The molecule has 0 unspecified atom stereocenters. The van der Waals surface area contributed by atoms with E-state index in [1.165, 1.54) is 11.1 Å². The maximum Gasteiger partial charge on any atom is 0.186 e. The Morgan fingerprint density at radius 3 is 2.16 bits per heavy atom. The average Bonchev–Trinajstić information content (AvgIpc) is 3.28. The maximum absolute atomic E-state index is 5.46. The number of rotatable bonds is 9. The monoisotopic (exact) mass is 439 g/mol. The molecule has 0 amide bonds. The zero-order chi connectivity index (χ0) is 21.5. The molecule has 6 nitrogen and oxygen atoms in total. The standard InChI is InChI=1S/C24H29N3O3S/c1-28-22-7-3-5-19(13-22)15-27(16-20-6-4-8-23(14-20)29-2)24-25-21(18-31-24)17-26-9-11-30-12-10-26/h3-8,13-14,18H,9-12,15-17H2,1-2H3. The first-order valence-electron chi connectivity index (χ1n) is 10.5. The van der Waals surface area contributed by atoms with E-state index in [1.54, 1.807) is 25.6 Å². The van der Waals surface area contributed by atoms with Gasteiger partial charge in [-0.2, -0.15) is 0 Å². The molecule has 1 saturated heterocycles. The zero-order valence-corrected chi connectivity index (χ0v) is 18.9. The van der Waals surface area contributed by atoms with Gasteiger partial charge in [0.25, 0.3) is 0 Å². The van der Waals surface area contributed by atoms with Crippen molar-refractivity contribution in [3.63, 3.8) is 0 Å². The number of methoxy groups -OCH3 is 2. The first-order valence-corrected chi connectivity index (χ1v) is 11.4. The van der Waals surface area contributed by atoms with Gasteiger partial charge in [-0.3, -0.25) is 4.90 Å². The molecule has 31 heavy (non-hydrogen) atoms. The van der Waals surface area contributed by atoms with Crippen LogP contribution < -0.4 is 14.4 Å². The van der Waals surface area contributed by atoms with Gasteiger partial charge in [-0.05, 0) is 35.4 Å². The molecule has 1 aliphatic heterocycles. The van der Waals surface area contributed by atoms with Gasteiger partial charge in [0.2, 0.25) is 0 Å². The molecule has 4 rings (SSSR count). The summed E-state index contributed by atoms with van der Waals surface area (Å²) in [6, 6.07) is 16.4. The molecule has 1 fully saturated rings. The van der Waals surface area contributed by atoms with Crippen molar-refractivity contribution in [2.45, 2.75) is 19.6 Å². The van der Waals surface area contributed by atoms with Gasteiger partial charge in [-0.25, -0.2) is 4.98 Å². The average molecular weight is 440 g/mol. The molecular weight excluding hydrogens is 410 g/mol. The van der Waals surface area contributed by atoms with Crippen LogP contribution in [0.2, 0.25) is 0 Å². The van der Waals surface area contributed by atoms with Crippen LogP contribution in [0, 0.1) is 0 Å². The lowest BCUT2D eigenvalue weighted by atomic mass is 10.1. The van der Waals surface area contributed by atoms with Gasteiger partial charge >= 0.3 is 0 Å². The van der Waals surface area contributed by atoms with Gasteiger partial charge in [-0.15, -0.1) is 11.3 Å². The van der Waals surface area contributed by atoms with E-state index < -0.39 is 0 Å². The van der Waals surface area contributed by atoms with Crippen molar-refractivity contribution in [2.75, 3.05) is 45.4 Å². The van der Waals surface area contributed by atoms with Crippen LogP contribution in [0.3, 0.4) is 0 Å². The number of aromatic nitrogens is 1. The van der Waals surface area contributed by atoms with Crippen molar-refractivity contribution in [3.05, 3.63) is 70.7 Å². The third kappa shape index (κ3) is 5.97. The number of benzene rings is 2. The van der Waals surface area contributed by atoms with E-state index in [-0.39, 0.29) is 0 Å². The van der Waals surface area contributed by atoms with Crippen LogP contribution >= 0.6 is 11.3 Å². The predicted octanol–water partition coefficient (Wildman–Crippen LogP) is 4.20. The summed E-state index contributed by atoms with van der Waals surface area (Å²) in [6.07, 6.45) is 0. The van der Waals surface area contributed by atoms with Crippen LogP contribution in [0.5, 0.6) is 11.5 Å². The fourth-order valence-electron chi connectivity index (χ4n) is 3.68. The van der Waals surface area contributed by atoms with Crippen molar-refractivity contribution < 1.29 is 14.2 Å². The highest BCUT2D eigenvalue weighted by Crippen LogP contribution is 2.27. The molecule has 0 aliphatic carbocycles. The Kier molecular flexibility index (Phi) is 7.40. The van der Waals surface area contributed by atoms with Crippen molar-refractivity contribution in [1.29, 1.82) is 0 Å². The lowest BCUT2D eigenvalue weighted by Gasteiger charge is -2.26. The summed E-state index contributed by atoms with van der Waals surface area (Å²) in [4.78, 5) is 9.70. The molecule has 0 bridgehead atoms. The van der Waals surface area contributed by atoms with Gasteiger partial charge in [-0.1, -0.05) is 24.3 Å². The van der Waals surface area contributed by atoms with Gasteiger partial charge in [0, 0.05) is 38.1 Å². The highest BCUT2D eigenvalue weighted by molar-refractivity contribution is 7.13. The number of ether oxygens (including phenoxy) is 3. The number of anilines is 1. The Bertz CT molecular complexity index is 922. The summed E-state index contributed by atoms with van der Waals surface area (Å²) < 4.78 is 16.3. The minimum Gasteiger partial charge on any atom is -0.497 e. The molecule has 0 spiro atoms. The number of nitrogens with zero attached hydrogens (tertiary/aromatic N) is 3. The van der Waals surface area contributed by atoms with Crippen LogP contribution in [-0.4, -0.2) is 50.4 Å². The number of morpholine rings is 1. The zero-order valence-electron chi connectivity index (χ0n) is 18.1. The SMILES string of the molecule is COc1cccc(CN(Cc2cccc(OC)c2)c2nc(CN3CCOCC3)cs2)c1. The highest BCUT2D eigenvalue weighted by atomic mass is 32.1. The van der Waals surface area contributed by atoms with Gasteiger partial charge < -0.3 is 19.1 Å². The molecule has 7 heteroatoms. The van der Waals surface area contributed by atoms with Crippen LogP contribution in [-0.2, 0) is 24.4 Å². The summed E-state index contributed by atoms with van der Waals surface area (Å²) >= 11 is 1.70. The second kappa shape index (κ2) is 10.6. The quantitative estimate of drug-likeness (QED) is 0.498. The second-order valence-corrected chi connectivity index (χ2v) is 8.41. The molecule has 2 heterocycles. The summed E-state index contributed by atoms with van der Waals surface area (Å²) in [6.45, 7) is 5.89. The smallest absolute Gasteiger partial charge is 0.186 e. The van der Waals surface area contributed by atoms with E-state index in [0.717, 1.165) is 68.3 Å². The summed E-state index contributed by atoms with van der Waals surface area (Å²) in [5.41, 5.74) is 3.49. The molecule has 0 radical (unpaired) electrons. The Hall–Kier alpha value is -2.61. The molecule has 3 aromatic rings. The third-order valence-corrected chi connectivity index (χ3v) is 6.26. The van der Waals surface area contributed by atoms with Crippen LogP contribution in [0.4, 0.5) is 5.13 Å². The fraction of sp³-hybridized carbons (Fsp3) is 0.375. The van der Waals surface area contributed by atoms with Crippen molar-refractivity contribution in [1.82, 2.24) is 9.88 Å². The second-order valence-electron chi connectivity index (χ2n) is 7.57. The van der Waals surface area contributed by atoms with Crippen LogP contribution in [0.25, 0.3) is 0 Å². The number of hydrogen-bond donors (Lipinski definition) is 0. The number of hydrogen-bond acceptors (Lipinski definition) is 7. The molecular formula is C24H29N3O3S. The van der Waals surface area contributed by atoms with Crippen molar-refractivity contribution in [2.24, 2.45) is 0 Å². The minimum atomic E-state index is 0.749. The lowest BCUT2D eigenvalue weighted by molar-refractivity contribution is 0.0337. The normalized spacial score (nSPS) is 14.4. The topological polar surface area (TPSA) is 47.1 Å². The third-order valence-electron chi connectivity index (χ3n) is 5.31. The molecule has 164 valence electrons. The van der Waals surface area contributed by atoms with Gasteiger partial charge in [0.05, 0.1) is 33.1 Å². The Balaban J connectivity index is 1.55. The van der Waals surface area contributed by atoms with E-state index in [9.17, 15) is 0 Å².